The van der Waals surface area contributed by atoms with Crippen molar-refractivity contribution in [3.63, 3.8) is 0 Å². The lowest BCUT2D eigenvalue weighted by atomic mass is 9.93. The molecule has 2 atom stereocenters. The van der Waals surface area contributed by atoms with Crippen LogP contribution in [-0.4, -0.2) is 18.7 Å². The molecule has 1 aliphatic heterocycles. The van der Waals surface area contributed by atoms with Crippen LogP contribution in [0.1, 0.15) is 24.2 Å². The average Bonchev–Trinajstić information content (AvgIpc) is 3.40. The molecule has 0 N–H and O–H groups in total. The maximum atomic E-state index is 12.9. The first kappa shape index (κ1) is 18.2. The molecule has 0 bridgehead atoms. The number of furan rings is 1. The van der Waals surface area contributed by atoms with Crippen LogP contribution in [-0.2, 0) is 9.53 Å². The van der Waals surface area contributed by atoms with Gasteiger partial charge in [-0.3, -0.25) is 0 Å². The zero-order valence-corrected chi connectivity index (χ0v) is 16.2. The van der Waals surface area contributed by atoms with Crippen molar-refractivity contribution in [1.82, 2.24) is 0 Å². The van der Waals surface area contributed by atoms with Crippen LogP contribution in [0.5, 0.6) is 5.75 Å². The molecular weight excluding hydrogens is 384 g/mol. The Labute approximate surface area is 171 Å². The smallest absolute Gasteiger partial charge is 0.348 e. The molecule has 6 nitrogen and oxygen atoms in total. The number of ether oxygens (including phenoxy) is 2. The Morgan fingerprint density at radius 1 is 0.967 bits per heavy atom. The molecule has 0 spiro atoms. The third-order valence-electron chi connectivity index (χ3n) is 5.17. The summed E-state index contributed by atoms with van der Waals surface area (Å²) in [6.45, 7) is 1.92. The van der Waals surface area contributed by atoms with Crippen LogP contribution in [0.15, 0.2) is 80.4 Å². The molecule has 2 aromatic carbocycles. The Morgan fingerprint density at radius 2 is 1.73 bits per heavy atom. The molecule has 0 radical (unpaired) electrons. The van der Waals surface area contributed by atoms with E-state index in [1.165, 1.54) is 0 Å². The Kier molecular flexibility index (Phi) is 4.39. The number of hydrogen-bond acceptors (Lipinski definition) is 6. The van der Waals surface area contributed by atoms with Gasteiger partial charge in [0.1, 0.15) is 28.8 Å². The van der Waals surface area contributed by atoms with Gasteiger partial charge >= 0.3 is 11.6 Å². The van der Waals surface area contributed by atoms with Crippen LogP contribution in [0, 0.1) is 0 Å². The third kappa shape index (κ3) is 2.88. The minimum absolute atomic E-state index is 0.199. The lowest BCUT2D eigenvalue weighted by Crippen LogP contribution is -2.32. The molecule has 0 fully saturated rings. The van der Waals surface area contributed by atoms with Crippen LogP contribution >= 0.6 is 0 Å². The summed E-state index contributed by atoms with van der Waals surface area (Å²) >= 11 is 0. The molecule has 0 amide bonds. The number of carbonyl (C=O) groups is 1. The fourth-order valence-corrected chi connectivity index (χ4v) is 3.85. The number of hydrogen-bond donors (Lipinski definition) is 0. The number of para-hydroxylation sites is 1. The second-order valence-corrected chi connectivity index (χ2v) is 6.96. The largest absolute Gasteiger partial charge is 0.476 e. The van der Waals surface area contributed by atoms with Crippen LogP contribution in [0.3, 0.4) is 0 Å². The third-order valence-corrected chi connectivity index (χ3v) is 5.17. The second-order valence-electron chi connectivity index (χ2n) is 6.96. The highest BCUT2D eigenvalue weighted by Crippen LogP contribution is 2.45. The minimum Gasteiger partial charge on any atom is -0.476 e. The highest BCUT2D eigenvalue weighted by molar-refractivity contribution is 5.88. The summed E-state index contributed by atoms with van der Waals surface area (Å²) in [5, 5.41) is 0.624. The molecule has 0 unspecified atom stereocenters. The van der Waals surface area contributed by atoms with Gasteiger partial charge in [0, 0.05) is 5.56 Å². The zero-order chi connectivity index (χ0) is 20.7. The number of benzene rings is 2. The van der Waals surface area contributed by atoms with Crippen molar-refractivity contribution in [1.29, 1.82) is 0 Å². The fourth-order valence-electron chi connectivity index (χ4n) is 3.85. The van der Waals surface area contributed by atoms with E-state index in [0.29, 0.717) is 28.2 Å². The van der Waals surface area contributed by atoms with Gasteiger partial charge in [-0.05, 0) is 31.2 Å². The average molecular weight is 402 g/mol. The summed E-state index contributed by atoms with van der Waals surface area (Å²) in [5.41, 5.74) is 0.994. The van der Waals surface area contributed by atoms with E-state index in [1.807, 2.05) is 42.5 Å². The van der Waals surface area contributed by atoms with E-state index < -0.39 is 23.6 Å². The molecule has 2 aromatic heterocycles. The standard InChI is InChI=1S/C24H18O6/c1-2-27-24(26)22-19(18-13-12-16(28-18)14-8-4-3-5-9-14)20-21(30-22)15-10-6-7-11-17(15)29-23(20)25/h3-13,19,22H,2H2,1H3/t19-,22-/m0/s1. The summed E-state index contributed by atoms with van der Waals surface area (Å²) < 4.78 is 22.8. The summed E-state index contributed by atoms with van der Waals surface area (Å²) in [4.78, 5) is 25.6. The monoisotopic (exact) mass is 402 g/mol. The van der Waals surface area contributed by atoms with E-state index in [-0.39, 0.29) is 12.2 Å². The minimum atomic E-state index is -1.04. The molecule has 0 aliphatic carbocycles. The molecule has 5 rings (SSSR count). The summed E-state index contributed by atoms with van der Waals surface area (Å²) in [5.74, 6) is 0.0832. The van der Waals surface area contributed by atoms with Gasteiger partial charge in [0.05, 0.1) is 17.6 Å². The van der Waals surface area contributed by atoms with Gasteiger partial charge in [-0.2, -0.15) is 0 Å². The molecule has 150 valence electrons. The zero-order valence-electron chi connectivity index (χ0n) is 16.2. The van der Waals surface area contributed by atoms with E-state index in [1.54, 1.807) is 31.2 Å². The Hall–Kier alpha value is -3.80. The molecule has 30 heavy (non-hydrogen) atoms. The van der Waals surface area contributed by atoms with Crippen molar-refractivity contribution in [2.24, 2.45) is 0 Å². The number of fused-ring (bicyclic) bond motifs is 3. The van der Waals surface area contributed by atoms with Crippen LogP contribution in [0.2, 0.25) is 0 Å². The summed E-state index contributed by atoms with van der Waals surface area (Å²) in [6, 6.07) is 20.2. The SMILES string of the molecule is CCOC(=O)[C@H]1Oc2c(c(=O)oc3ccccc23)[C@@H]1c1ccc(-c2ccccc2)o1. The van der Waals surface area contributed by atoms with Crippen LogP contribution in [0.25, 0.3) is 22.3 Å². The van der Waals surface area contributed by atoms with E-state index in [2.05, 4.69) is 0 Å². The van der Waals surface area contributed by atoms with Crippen molar-refractivity contribution >= 4 is 16.9 Å². The van der Waals surface area contributed by atoms with Gasteiger partial charge in [0.25, 0.3) is 0 Å². The van der Waals surface area contributed by atoms with E-state index in [9.17, 15) is 9.59 Å². The Morgan fingerprint density at radius 3 is 2.53 bits per heavy atom. The van der Waals surface area contributed by atoms with Gasteiger partial charge in [0.2, 0.25) is 6.10 Å². The van der Waals surface area contributed by atoms with Gasteiger partial charge in [-0.15, -0.1) is 0 Å². The predicted octanol–water partition coefficient (Wildman–Crippen LogP) is 4.51. The maximum absolute atomic E-state index is 12.9. The van der Waals surface area contributed by atoms with Crippen molar-refractivity contribution in [2.45, 2.75) is 18.9 Å². The first-order valence-corrected chi connectivity index (χ1v) is 9.71. The van der Waals surface area contributed by atoms with Gasteiger partial charge in [0.15, 0.2) is 0 Å². The van der Waals surface area contributed by atoms with Crippen molar-refractivity contribution in [2.75, 3.05) is 6.61 Å². The van der Waals surface area contributed by atoms with Gasteiger partial charge in [-0.25, -0.2) is 9.59 Å². The number of carbonyl (C=O) groups excluding carboxylic acids is 1. The first-order valence-electron chi connectivity index (χ1n) is 9.71. The van der Waals surface area contributed by atoms with Crippen molar-refractivity contribution in [3.05, 3.63) is 88.5 Å². The van der Waals surface area contributed by atoms with E-state index in [0.717, 1.165) is 5.56 Å². The molecule has 4 aromatic rings. The molecule has 0 saturated heterocycles. The Bertz CT molecular complexity index is 1280. The molecule has 0 saturated carbocycles. The summed E-state index contributed by atoms with van der Waals surface area (Å²) in [7, 11) is 0. The topological polar surface area (TPSA) is 78.9 Å². The Balaban J connectivity index is 1.67. The van der Waals surface area contributed by atoms with Gasteiger partial charge < -0.3 is 18.3 Å². The number of rotatable bonds is 4. The quantitative estimate of drug-likeness (QED) is 0.369. The first-order chi connectivity index (χ1) is 14.7. The lowest BCUT2D eigenvalue weighted by molar-refractivity contribution is -0.151. The highest BCUT2D eigenvalue weighted by Gasteiger charge is 2.46. The molecular formula is C24H18O6. The van der Waals surface area contributed by atoms with Gasteiger partial charge in [-0.1, -0.05) is 42.5 Å². The molecule has 6 heteroatoms. The van der Waals surface area contributed by atoms with Crippen molar-refractivity contribution in [3.8, 4) is 17.1 Å². The number of esters is 1. The maximum Gasteiger partial charge on any atom is 0.348 e. The normalized spacial score (nSPS) is 17.5. The molecule has 1 aliphatic rings. The molecule has 3 heterocycles. The highest BCUT2D eigenvalue weighted by atomic mass is 16.6. The fraction of sp³-hybridized carbons (Fsp3) is 0.167. The second kappa shape index (κ2) is 7.22. The van der Waals surface area contributed by atoms with E-state index in [4.69, 9.17) is 18.3 Å². The lowest BCUT2D eigenvalue weighted by Gasteiger charge is -2.15. The predicted molar refractivity (Wildman–Crippen MR) is 110 cm³/mol. The summed E-state index contributed by atoms with van der Waals surface area (Å²) in [6.07, 6.45) is -1.04. The van der Waals surface area contributed by atoms with Crippen LogP contribution < -0.4 is 10.4 Å². The van der Waals surface area contributed by atoms with Crippen LogP contribution in [0.4, 0.5) is 0 Å². The van der Waals surface area contributed by atoms with E-state index >= 15 is 0 Å². The van der Waals surface area contributed by atoms with Crippen molar-refractivity contribution < 1.29 is 23.1 Å².